The van der Waals surface area contributed by atoms with Crippen LogP contribution in [-0.4, -0.2) is 58.4 Å². The van der Waals surface area contributed by atoms with Gasteiger partial charge in [-0.2, -0.15) is 15.1 Å². The minimum absolute atomic E-state index is 0.0119. The van der Waals surface area contributed by atoms with Crippen LogP contribution in [-0.2, 0) is 6.42 Å². The van der Waals surface area contributed by atoms with Crippen LogP contribution in [0.1, 0.15) is 160 Å². The molecule has 3 heterocycles. The average Bonchev–Trinajstić information content (AvgIpc) is 2.82. The molecule has 0 bridgehead atoms. The van der Waals surface area contributed by atoms with Gasteiger partial charge in [0.05, 0.1) is 16.6 Å². The van der Waals surface area contributed by atoms with Crippen LogP contribution in [0.25, 0.3) is 0 Å². The first-order valence-corrected chi connectivity index (χ1v) is 16.8. The third-order valence-electron chi connectivity index (χ3n) is 9.80. The Hall–Kier alpha value is -1.80. The Morgan fingerprint density at radius 3 is 2.19 bits per heavy atom. The Morgan fingerprint density at radius 1 is 0.953 bits per heavy atom. The van der Waals surface area contributed by atoms with Crippen molar-refractivity contribution in [1.29, 1.82) is 0 Å². The van der Waals surface area contributed by atoms with Gasteiger partial charge in [0.15, 0.2) is 6.33 Å². The molecule has 243 valence electrons. The lowest BCUT2D eigenvalue weighted by molar-refractivity contribution is -0.0766. The maximum atomic E-state index is 11.0. The molecule has 3 radical (unpaired) electrons. The first-order valence-electron chi connectivity index (χ1n) is 16.8. The molecule has 8 nitrogen and oxygen atoms in total. The normalized spacial score (nSPS) is 24.8. The Balaban J connectivity index is 1.81. The van der Waals surface area contributed by atoms with Gasteiger partial charge < -0.3 is 4.98 Å². The van der Waals surface area contributed by atoms with Gasteiger partial charge in [-0.25, -0.2) is 9.98 Å². The molecule has 1 unspecified atom stereocenters. The van der Waals surface area contributed by atoms with Crippen LogP contribution >= 0.6 is 0 Å². The molecule has 1 N–H and O–H groups in total. The number of piperidine rings is 2. The van der Waals surface area contributed by atoms with E-state index in [1.807, 2.05) is 0 Å². The van der Waals surface area contributed by atoms with E-state index in [4.69, 9.17) is 15.1 Å². The van der Waals surface area contributed by atoms with Crippen molar-refractivity contribution in [2.75, 3.05) is 0 Å². The fraction of sp³-hybridized carbons (Fsp3) is 0.886. The van der Waals surface area contributed by atoms with Crippen molar-refractivity contribution in [3.63, 3.8) is 0 Å². The number of nitrogens with one attached hydrogen (secondary N) is 1. The molecule has 0 saturated carbocycles. The quantitative estimate of drug-likeness (QED) is 0.284. The summed E-state index contributed by atoms with van der Waals surface area (Å²) in [7, 11) is 0. The van der Waals surface area contributed by atoms with Crippen LogP contribution in [0.3, 0.4) is 0 Å². The second-order valence-corrected chi connectivity index (χ2v) is 17.7. The van der Waals surface area contributed by atoms with Gasteiger partial charge >= 0.3 is 0 Å². The van der Waals surface area contributed by atoms with E-state index in [-0.39, 0.29) is 33.1 Å². The smallest absolute Gasteiger partial charge is 0.226 e. The van der Waals surface area contributed by atoms with Crippen molar-refractivity contribution < 1.29 is 0 Å². The van der Waals surface area contributed by atoms with Crippen LogP contribution in [0.15, 0.2) is 10.1 Å². The molecular formula is C35H63N8. The number of aromatic nitrogens is 3. The van der Waals surface area contributed by atoms with Crippen molar-refractivity contribution in [2.45, 2.75) is 188 Å². The number of hydrogen-bond acceptors (Lipinski definition) is 6. The Bertz CT molecular complexity index is 1150. The highest BCUT2D eigenvalue weighted by Gasteiger charge is 2.46. The van der Waals surface area contributed by atoms with E-state index in [0.29, 0.717) is 18.0 Å². The van der Waals surface area contributed by atoms with Gasteiger partial charge in [0.2, 0.25) is 5.62 Å². The van der Waals surface area contributed by atoms with Gasteiger partial charge in [0.1, 0.15) is 5.82 Å². The number of rotatable bonds is 10. The van der Waals surface area contributed by atoms with Gasteiger partial charge in [-0.15, -0.1) is 0 Å². The maximum Gasteiger partial charge on any atom is 0.226 e. The highest BCUT2D eigenvalue weighted by molar-refractivity contribution is 5.84. The molecular weight excluding hydrogens is 532 g/mol. The Morgan fingerprint density at radius 2 is 1.58 bits per heavy atom. The molecule has 8 heteroatoms. The van der Waals surface area contributed by atoms with E-state index < -0.39 is 0 Å². The lowest BCUT2D eigenvalue weighted by Gasteiger charge is -2.52. The highest BCUT2D eigenvalue weighted by Crippen LogP contribution is 2.43. The summed E-state index contributed by atoms with van der Waals surface area (Å²) in [4.78, 5) is 17.2. The maximum absolute atomic E-state index is 11.0. The summed E-state index contributed by atoms with van der Waals surface area (Å²) in [6.07, 6.45) is 14.1. The molecule has 2 aliphatic rings. The first kappa shape index (κ1) is 35.7. The monoisotopic (exact) mass is 596 g/mol. The number of nitrogens with zero attached hydrogens (tertiary/aromatic N) is 7. The zero-order valence-corrected chi connectivity index (χ0v) is 30.0. The summed E-state index contributed by atoms with van der Waals surface area (Å²) in [5, 5.41) is 9.44. The average molecular weight is 596 g/mol. The molecule has 3 rings (SSSR count). The van der Waals surface area contributed by atoms with E-state index >= 15 is 0 Å². The van der Waals surface area contributed by atoms with E-state index in [1.165, 1.54) is 12.1 Å². The van der Waals surface area contributed by atoms with Gasteiger partial charge in [-0.3, -0.25) is 5.01 Å². The second kappa shape index (κ2) is 12.9. The van der Waals surface area contributed by atoms with Crippen LogP contribution < -0.4 is 11.5 Å². The summed E-state index contributed by atoms with van der Waals surface area (Å²) in [6, 6.07) is 0. The van der Waals surface area contributed by atoms with Gasteiger partial charge in [-0.1, -0.05) is 20.8 Å². The zero-order valence-electron chi connectivity index (χ0n) is 30.0. The third kappa shape index (κ3) is 9.59. The molecule has 0 spiro atoms. The van der Waals surface area contributed by atoms with Crippen LogP contribution in [0.2, 0.25) is 0 Å². The third-order valence-corrected chi connectivity index (χ3v) is 9.80. The summed E-state index contributed by atoms with van der Waals surface area (Å²) >= 11 is 0. The van der Waals surface area contributed by atoms with Gasteiger partial charge in [0, 0.05) is 23.2 Å². The molecule has 0 aromatic carbocycles. The van der Waals surface area contributed by atoms with Crippen molar-refractivity contribution in [2.24, 2.45) is 21.4 Å². The summed E-state index contributed by atoms with van der Waals surface area (Å²) in [6.45, 7) is 29.0. The van der Waals surface area contributed by atoms with Crippen molar-refractivity contribution >= 4 is 5.71 Å². The number of aryl methyl sites for hydroxylation is 1. The summed E-state index contributed by atoms with van der Waals surface area (Å²) < 4.78 is 0. The molecule has 0 aliphatic carbocycles. The Labute approximate surface area is 263 Å². The van der Waals surface area contributed by atoms with Gasteiger partial charge in [-0.05, 0) is 151 Å². The van der Waals surface area contributed by atoms with E-state index in [0.717, 1.165) is 63.6 Å². The lowest BCUT2D eigenvalue weighted by atomic mass is 9.71. The fourth-order valence-corrected chi connectivity index (χ4v) is 7.97. The molecule has 1 atom stereocenters. The standard InChI is InChI=1S/C35H63N8/c1-30(2,3)24-31(4,5)40-29-38-25-37-28(39-29)19-18-27(41-43-33(8,9)21-15-22-34(43,10)11)17-14-16-26-20-23-32(6,7)42(36)35(26,12)13/h26H,14-24H2,1-13H3,(H,37,38,39,40). The summed E-state index contributed by atoms with van der Waals surface area (Å²) in [5.41, 5.74) is 1.32. The number of hydrazone groups is 1. The molecule has 2 saturated heterocycles. The predicted molar refractivity (Wildman–Crippen MR) is 177 cm³/mol. The van der Waals surface area contributed by atoms with Crippen LogP contribution in [0, 0.1) is 17.7 Å². The largest absolute Gasteiger partial charge is 0.306 e. The minimum Gasteiger partial charge on any atom is -0.306 e. The molecule has 2 fully saturated rings. The first-order chi connectivity index (χ1) is 19.5. The van der Waals surface area contributed by atoms with Crippen molar-refractivity contribution in [1.82, 2.24) is 30.8 Å². The van der Waals surface area contributed by atoms with Crippen molar-refractivity contribution in [3.8, 4) is 0 Å². The number of aromatic amines is 1. The minimum atomic E-state index is -0.249. The van der Waals surface area contributed by atoms with Crippen LogP contribution in [0.4, 0.5) is 0 Å². The fourth-order valence-electron chi connectivity index (χ4n) is 7.97. The predicted octanol–water partition coefficient (Wildman–Crippen LogP) is 7.48. The highest BCUT2D eigenvalue weighted by atomic mass is 15.5. The second-order valence-electron chi connectivity index (χ2n) is 17.7. The molecule has 1 aromatic rings. The molecule has 0 amide bonds. The van der Waals surface area contributed by atoms with Crippen LogP contribution in [0.5, 0.6) is 0 Å². The van der Waals surface area contributed by atoms with E-state index in [9.17, 15) is 5.84 Å². The zero-order chi connectivity index (χ0) is 32.5. The van der Waals surface area contributed by atoms with Gasteiger partial charge in [0.25, 0.3) is 0 Å². The van der Waals surface area contributed by atoms with E-state index in [2.05, 4.69) is 111 Å². The Kier molecular flexibility index (Phi) is 10.7. The molecule has 2 aliphatic heterocycles. The molecule has 1 aromatic heterocycles. The number of hydrogen-bond donors (Lipinski definition) is 1. The number of H-pyrrole nitrogens is 1. The van der Waals surface area contributed by atoms with Crippen molar-refractivity contribution in [3.05, 3.63) is 17.8 Å². The lowest BCUT2D eigenvalue weighted by Crippen LogP contribution is -2.61. The SMILES string of the molecule is CC(C)(C)CC(C)(C)N=c1nc(CCC(CCCC2CCC(C)(C)N([N])C2(C)C)=NN2C(C)(C)CCCC2(C)C)n[c][nH]1. The van der Waals surface area contributed by atoms with E-state index in [1.54, 1.807) is 5.01 Å². The topological polar surface area (TPSA) is 95.1 Å². The molecule has 43 heavy (non-hydrogen) atoms. The summed E-state index contributed by atoms with van der Waals surface area (Å²) in [5.74, 6) is 12.2.